The summed E-state index contributed by atoms with van der Waals surface area (Å²) in [6.45, 7) is 1.66. The van der Waals surface area contributed by atoms with Crippen LogP contribution in [-0.4, -0.2) is 31.2 Å². The van der Waals surface area contributed by atoms with E-state index in [2.05, 4.69) is 15.1 Å². The smallest absolute Gasteiger partial charge is 0.262 e. The van der Waals surface area contributed by atoms with Gasteiger partial charge in [0.1, 0.15) is 5.75 Å². The molecule has 1 amide bonds. The fourth-order valence-electron chi connectivity index (χ4n) is 2.63. The highest BCUT2D eigenvalue weighted by atomic mass is 32.2. The Morgan fingerprint density at radius 1 is 1.14 bits per heavy atom. The third-order valence-electron chi connectivity index (χ3n) is 4.05. The molecule has 2 aromatic carbocycles. The van der Waals surface area contributed by atoms with E-state index in [0.29, 0.717) is 22.8 Å². The third-order valence-corrected chi connectivity index (χ3v) is 5.55. The van der Waals surface area contributed by atoms with Crippen molar-refractivity contribution in [2.24, 2.45) is 7.05 Å². The molecule has 0 aliphatic heterocycles. The first-order valence-electron chi connectivity index (χ1n) is 8.37. The van der Waals surface area contributed by atoms with Crippen molar-refractivity contribution in [1.29, 1.82) is 0 Å². The Morgan fingerprint density at radius 3 is 2.57 bits per heavy atom. The van der Waals surface area contributed by atoms with Crippen LogP contribution in [0.5, 0.6) is 5.75 Å². The van der Waals surface area contributed by atoms with Crippen LogP contribution in [0.3, 0.4) is 0 Å². The average Bonchev–Trinajstić information content (AvgIpc) is 3.06. The van der Waals surface area contributed by atoms with Gasteiger partial charge in [-0.05, 0) is 36.8 Å². The molecule has 0 spiro atoms. The van der Waals surface area contributed by atoms with Crippen LogP contribution >= 0.6 is 0 Å². The zero-order valence-corrected chi connectivity index (χ0v) is 16.4. The fourth-order valence-corrected chi connectivity index (χ4v) is 3.97. The molecule has 0 fully saturated rings. The largest absolute Gasteiger partial charge is 0.495 e. The Labute approximate surface area is 163 Å². The zero-order chi connectivity index (χ0) is 20.3. The van der Waals surface area contributed by atoms with E-state index >= 15 is 0 Å². The number of nitrogens with one attached hydrogen (secondary N) is 2. The van der Waals surface area contributed by atoms with E-state index in [1.807, 2.05) is 0 Å². The molecule has 0 unspecified atom stereocenters. The number of aryl methyl sites for hydroxylation is 2. The summed E-state index contributed by atoms with van der Waals surface area (Å²) in [5, 5.41) is 6.72. The molecular formula is C19H20N4O4S. The predicted octanol–water partition coefficient (Wildman–Crippen LogP) is 2.79. The zero-order valence-electron chi connectivity index (χ0n) is 15.6. The van der Waals surface area contributed by atoms with Gasteiger partial charge in [-0.25, -0.2) is 8.42 Å². The highest BCUT2D eigenvalue weighted by Crippen LogP contribution is 2.27. The van der Waals surface area contributed by atoms with Crippen LogP contribution in [0, 0.1) is 6.92 Å². The van der Waals surface area contributed by atoms with E-state index in [1.54, 1.807) is 67.3 Å². The summed E-state index contributed by atoms with van der Waals surface area (Å²) >= 11 is 0. The summed E-state index contributed by atoms with van der Waals surface area (Å²) in [6, 6.07) is 12.8. The summed E-state index contributed by atoms with van der Waals surface area (Å²) < 4.78 is 35.1. The van der Waals surface area contributed by atoms with Gasteiger partial charge in [0, 0.05) is 24.9 Å². The molecule has 0 saturated carbocycles. The first-order chi connectivity index (χ1) is 13.3. The number of aromatic nitrogens is 2. The first kappa shape index (κ1) is 19.4. The topological polar surface area (TPSA) is 102 Å². The van der Waals surface area contributed by atoms with Gasteiger partial charge in [-0.15, -0.1) is 0 Å². The molecule has 0 saturated heterocycles. The maximum absolute atomic E-state index is 12.9. The van der Waals surface area contributed by atoms with Crippen molar-refractivity contribution in [2.45, 2.75) is 11.8 Å². The molecule has 1 heterocycles. The monoisotopic (exact) mass is 400 g/mol. The molecule has 3 rings (SSSR count). The Morgan fingerprint density at radius 2 is 1.89 bits per heavy atom. The average molecular weight is 400 g/mol. The summed E-state index contributed by atoms with van der Waals surface area (Å²) in [5.74, 6) is 0.324. The van der Waals surface area contributed by atoms with Crippen molar-refractivity contribution >= 4 is 27.4 Å². The molecule has 1 aromatic heterocycles. The summed E-state index contributed by atoms with van der Waals surface area (Å²) in [6.07, 6.45) is 1.69. The predicted molar refractivity (Wildman–Crippen MR) is 106 cm³/mol. The summed E-state index contributed by atoms with van der Waals surface area (Å²) in [4.78, 5) is 12.5. The number of sulfonamides is 1. The van der Waals surface area contributed by atoms with Crippen LogP contribution in [-0.2, 0) is 17.1 Å². The van der Waals surface area contributed by atoms with Gasteiger partial charge in [-0.3, -0.25) is 14.2 Å². The van der Waals surface area contributed by atoms with Crippen LogP contribution in [0.1, 0.15) is 15.9 Å². The lowest BCUT2D eigenvalue weighted by Gasteiger charge is -2.14. The normalized spacial score (nSPS) is 11.1. The van der Waals surface area contributed by atoms with E-state index in [0.717, 1.165) is 0 Å². The maximum atomic E-state index is 12.9. The van der Waals surface area contributed by atoms with Crippen LogP contribution in [0.15, 0.2) is 59.6 Å². The molecule has 3 aromatic rings. The van der Waals surface area contributed by atoms with Crippen molar-refractivity contribution in [3.05, 3.63) is 65.9 Å². The van der Waals surface area contributed by atoms with Crippen molar-refractivity contribution in [3.8, 4) is 5.75 Å². The number of nitrogens with zero attached hydrogens (tertiary/aromatic N) is 2. The molecule has 9 heteroatoms. The SMILES string of the molecule is COc1ccccc1NS(=O)(=O)c1cc(C(=O)Nc2ccn(C)n2)ccc1C. The van der Waals surface area contributed by atoms with Crippen LogP contribution in [0.4, 0.5) is 11.5 Å². The quantitative estimate of drug-likeness (QED) is 0.662. The number of amides is 1. The second kappa shape index (κ2) is 7.73. The van der Waals surface area contributed by atoms with Gasteiger partial charge in [0.05, 0.1) is 17.7 Å². The van der Waals surface area contributed by atoms with Gasteiger partial charge in [0.25, 0.3) is 15.9 Å². The van der Waals surface area contributed by atoms with Gasteiger partial charge in [0.2, 0.25) is 0 Å². The Balaban J connectivity index is 1.90. The number of hydrogen-bond donors (Lipinski definition) is 2. The number of ether oxygens (including phenoxy) is 1. The van der Waals surface area contributed by atoms with Crippen LogP contribution in [0.25, 0.3) is 0 Å². The van der Waals surface area contributed by atoms with E-state index < -0.39 is 15.9 Å². The molecule has 0 aliphatic rings. The van der Waals surface area contributed by atoms with Gasteiger partial charge < -0.3 is 10.1 Å². The minimum absolute atomic E-state index is 0.00655. The van der Waals surface area contributed by atoms with Gasteiger partial charge in [-0.1, -0.05) is 18.2 Å². The van der Waals surface area contributed by atoms with Crippen molar-refractivity contribution in [2.75, 3.05) is 17.1 Å². The number of rotatable bonds is 6. The van der Waals surface area contributed by atoms with Crippen LogP contribution < -0.4 is 14.8 Å². The number of methoxy groups -OCH3 is 1. The van der Waals surface area contributed by atoms with E-state index in [-0.39, 0.29) is 10.5 Å². The third kappa shape index (κ3) is 4.15. The maximum Gasteiger partial charge on any atom is 0.262 e. The van der Waals surface area contributed by atoms with Crippen molar-refractivity contribution in [3.63, 3.8) is 0 Å². The molecule has 146 valence electrons. The first-order valence-corrected chi connectivity index (χ1v) is 9.86. The lowest BCUT2D eigenvalue weighted by Crippen LogP contribution is -2.17. The second-order valence-corrected chi connectivity index (χ2v) is 7.77. The number of benzene rings is 2. The number of carbonyl (C=O) groups excluding carboxylic acids is 1. The summed E-state index contributed by atoms with van der Waals surface area (Å²) in [5.41, 5.74) is 1.03. The number of para-hydroxylation sites is 2. The number of carbonyl (C=O) groups is 1. The fraction of sp³-hybridized carbons (Fsp3) is 0.158. The number of anilines is 2. The van der Waals surface area contributed by atoms with Crippen LogP contribution in [0.2, 0.25) is 0 Å². The van der Waals surface area contributed by atoms with Crippen molar-refractivity contribution < 1.29 is 17.9 Å². The lowest BCUT2D eigenvalue weighted by atomic mass is 10.1. The molecule has 0 radical (unpaired) electrons. The molecule has 2 N–H and O–H groups in total. The Hall–Kier alpha value is -3.33. The molecule has 28 heavy (non-hydrogen) atoms. The minimum Gasteiger partial charge on any atom is -0.495 e. The van der Waals surface area contributed by atoms with Gasteiger partial charge in [-0.2, -0.15) is 5.10 Å². The highest BCUT2D eigenvalue weighted by molar-refractivity contribution is 7.92. The molecule has 8 nitrogen and oxygen atoms in total. The van der Waals surface area contributed by atoms with Gasteiger partial charge >= 0.3 is 0 Å². The summed E-state index contributed by atoms with van der Waals surface area (Å²) in [7, 11) is -0.740. The van der Waals surface area contributed by atoms with E-state index in [9.17, 15) is 13.2 Å². The molecule has 0 bridgehead atoms. The van der Waals surface area contributed by atoms with Crippen molar-refractivity contribution in [1.82, 2.24) is 9.78 Å². The lowest BCUT2D eigenvalue weighted by molar-refractivity contribution is 0.102. The Kier molecular flexibility index (Phi) is 5.36. The van der Waals surface area contributed by atoms with E-state index in [4.69, 9.17) is 4.74 Å². The molecule has 0 aliphatic carbocycles. The minimum atomic E-state index is -3.93. The Bertz CT molecular complexity index is 1120. The highest BCUT2D eigenvalue weighted by Gasteiger charge is 2.21. The second-order valence-electron chi connectivity index (χ2n) is 6.11. The number of hydrogen-bond acceptors (Lipinski definition) is 5. The van der Waals surface area contributed by atoms with Gasteiger partial charge in [0.15, 0.2) is 5.82 Å². The standard InChI is InChI=1S/C19H20N4O4S/c1-13-8-9-14(19(24)20-18-10-11-23(2)21-18)12-17(13)28(25,26)22-15-6-4-5-7-16(15)27-3/h4-12,22H,1-3H3,(H,20,21,24). The van der Waals surface area contributed by atoms with E-state index in [1.165, 1.54) is 13.2 Å². The molecule has 0 atom stereocenters. The molecular weight excluding hydrogens is 380 g/mol.